The SMILES string of the molecule is C[C@]12C[C@@H](O)[C@H]3[C@@H](CCC4=CC(=O)CC[C@@]43C)[C@@H]1CC[C@@H]2[C@H](O)CO. The standard InChI is InChI=1S/C21H32O4/c1-20-8-7-13(23)9-12(20)3-4-14-15-5-6-16(18(25)11-22)21(15,2)10-17(24)19(14)20/h9,14-19,22,24-25H,3-8,10-11H2,1-2H3/t14-,15-,16+,17+,18+,19+,20-,21-/m0/s1. The van der Waals surface area contributed by atoms with Crippen molar-refractivity contribution < 1.29 is 20.1 Å². The molecule has 0 aliphatic heterocycles. The van der Waals surface area contributed by atoms with E-state index in [4.69, 9.17) is 0 Å². The minimum absolute atomic E-state index is 0.0503. The van der Waals surface area contributed by atoms with Crippen LogP contribution in [-0.4, -0.2) is 39.9 Å². The molecule has 0 unspecified atom stereocenters. The second-order valence-corrected chi connectivity index (χ2v) is 9.60. The predicted molar refractivity (Wildman–Crippen MR) is 94.7 cm³/mol. The summed E-state index contributed by atoms with van der Waals surface area (Å²) < 4.78 is 0. The van der Waals surface area contributed by atoms with E-state index in [1.165, 1.54) is 5.57 Å². The van der Waals surface area contributed by atoms with Gasteiger partial charge in [0.1, 0.15) is 0 Å². The third-order valence-electron chi connectivity index (χ3n) is 8.62. The summed E-state index contributed by atoms with van der Waals surface area (Å²) in [5.74, 6) is 1.51. The normalized spacial score (nSPS) is 50.5. The molecule has 0 spiro atoms. The van der Waals surface area contributed by atoms with Crippen LogP contribution in [0.15, 0.2) is 11.6 Å². The average molecular weight is 348 g/mol. The van der Waals surface area contributed by atoms with Crippen molar-refractivity contribution in [1.82, 2.24) is 0 Å². The van der Waals surface area contributed by atoms with Crippen LogP contribution in [-0.2, 0) is 4.79 Å². The highest BCUT2D eigenvalue weighted by molar-refractivity contribution is 5.91. The quantitative estimate of drug-likeness (QED) is 0.716. The molecule has 0 saturated heterocycles. The Balaban J connectivity index is 1.69. The van der Waals surface area contributed by atoms with Crippen molar-refractivity contribution in [1.29, 1.82) is 0 Å². The molecule has 3 saturated carbocycles. The van der Waals surface area contributed by atoms with Crippen LogP contribution in [0.4, 0.5) is 0 Å². The van der Waals surface area contributed by atoms with E-state index in [1.54, 1.807) is 0 Å². The molecule has 4 heteroatoms. The molecule has 140 valence electrons. The molecule has 4 rings (SSSR count). The third kappa shape index (κ3) is 2.40. The molecule has 0 aromatic carbocycles. The highest BCUT2D eigenvalue weighted by Crippen LogP contribution is 2.66. The second-order valence-electron chi connectivity index (χ2n) is 9.60. The smallest absolute Gasteiger partial charge is 0.155 e. The van der Waals surface area contributed by atoms with Gasteiger partial charge in [0.05, 0.1) is 18.8 Å². The number of hydrogen-bond donors (Lipinski definition) is 3. The van der Waals surface area contributed by atoms with Crippen LogP contribution in [0.25, 0.3) is 0 Å². The fraction of sp³-hybridized carbons (Fsp3) is 0.857. The van der Waals surface area contributed by atoms with Crippen molar-refractivity contribution in [2.75, 3.05) is 6.61 Å². The van der Waals surface area contributed by atoms with E-state index in [2.05, 4.69) is 13.8 Å². The summed E-state index contributed by atoms with van der Waals surface area (Å²) in [5, 5.41) is 31.0. The summed E-state index contributed by atoms with van der Waals surface area (Å²) in [6.45, 7) is 4.30. The van der Waals surface area contributed by atoms with Gasteiger partial charge in [0.15, 0.2) is 5.78 Å². The summed E-state index contributed by atoms with van der Waals surface area (Å²) in [4.78, 5) is 11.9. The Morgan fingerprint density at radius 3 is 2.72 bits per heavy atom. The van der Waals surface area contributed by atoms with Gasteiger partial charge >= 0.3 is 0 Å². The lowest BCUT2D eigenvalue weighted by atomic mass is 9.46. The van der Waals surface area contributed by atoms with Crippen LogP contribution < -0.4 is 0 Å². The molecule has 0 aromatic rings. The van der Waals surface area contributed by atoms with E-state index in [-0.39, 0.29) is 41.2 Å². The van der Waals surface area contributed by atoms with Crippen molar-refractivity contribution >= 4 is 5.78 Å². The molecule has 0 heterocycles. The molecule has 3 N–H and O–H groups in total. The van der Waals surface area contributed by atoms with Gasteiger partial charge in [-0.05, 0) is 79.1 Å². The molecule has 0 bridgehead atoms. The topological polar surface area (TPSA) is 77.8 Å². The molecule has 4 aliphatic carbocycles. The lowest BCUT2D eigenvalue weighted by Crippen LogP contribution is -2.57. The van der Waals surface area contributed by atoms with Gasteiger partial charge in [-0.25, -0.2) is 0 Å². The number of carbonyl (C=O) groups is 1. The molecular weight excluding hydrogens is 316 g/mol. The third-order valence-corrected chi connectivity index (χ3v) is 8.62. The summed E-state index contributed by atoms with van der Waals surface area (Å²) in [5.41, 5.74) is 1.12. The number of aliphatic hydroxyl groups is 3. The first-order valence-corrected chi connectivity index (χ1v) is 10.0. The Kier molecular flexibility index (Phi) is 4.17. The van der Waals surface area contributed by atoms with Crippen molar-refractivity contribution in [3.63, 3.8) is 0 Å². The molecule has 25 heavy (non-hydrogen) atoms. The van der Waals surface area contributed by atoms with E-state index < -0.39 is 6.10 Å². The zero-order valence-electron chi connectivity index (χ0n) is 15.4. The molecule has 0 aromatic heterocycles. The van der Waals surface area contributed by atoms with Crippen molar-refractivity contribution in [2.24, 2.45) is 34.5 Å². The molecule has 0 amide bonds. The molecular formula is C21H32O4. The Labute approximate surface area is 150 Å². The minimum atomic E-state index is -0.680. The van der Waals surface area contributed by atoms with Crippen molar-refractivity contribution in [3.8, 4) is 0 Å². The Morgan fingerprint density at radius 2 is 2.00 bits per heavy atom. The van der Waals surface area contributed by atoms with Gasteiger partial charge in [-0.1, -0.05) is 19.4 Å². The maximum atomic E-state index is 11.9. The van der Waals surface area contributed by atoms with Crippen molar-refractivity contribution in [3.05, 3.63) is 11.6 Å². The van der Waals surface area contributed by atoms with Gasteiger partial charge in [-0.2, -0.15) is 0 Å². The van der Waals surface area contributed by atoms with Crippen LogP contribution in [0, 0.1) is 34.5 Å². The van der Waals surface area contributed by atoms with E-state index in [9.17, 15) is 20.1 Å². The number of hydrogen-bond acceptors (Lipinski definition) is 4. The van der Waals surface area contributed by atoms with Crippen LogP contribution in [0.1, 0.15) is 58.8 Å². The predicted octanol–water partition coefficient (Wildman–Crippen LogP) is 2.46. The fourth-order valence-electron chi connectivity index (χ4n) is 7.49. The first kappa shape index (κ1) is 17.7. The lowest BCUT2D eigenvalue weighted by Gasteiger charge is -2.60. The van der Waals surface area contributed by atoms with Crippen LogP contribution >= 0.6 is 0 Å². The fourth-order valence-corrected chi connectivity index (χ4v) is 7.49. The zero-order chi connectivity index (χ0) is 18.0. The van der Waals surface area contributed by atoms with Crippen LogP contribution in [0.2, 0.25) is 0 Å². The summed E-state index contributed by atoms with van der Waals surface area (Å²) in [7, 11) is 0. The van der Waals surface area contributed by atoms with E-state index in [0.717, 1.165) is 32.1 Å². The maximum absolute atomic E-state index is 11.9. The number of ketones is 1. The second kappa shape index (κ2) is 5.90. The van der Waals surface area contributed by atoms with Crippen LogP contribution in [0.3, 0.4) is 0 Å². The summed E-state index contributed by atoms with van der Waals surface area (Å²) >= 11 is 0. The first-order chi connectivity index (χ1) is 11.8. The Bertz CT molecular complexity index is 599. The van der Waals surface area contributed by atoms with Crippen LogP contribution in [0.5, 0.6) is 0 Å². The average Bonchev–Trinajstić information content (AvgIpc) is 2.91. The summed E-state index contributed by atoms with van der Waals surface area (Å²) in [6, 6.07) is 0. The lowest BCUT2D eigenvalue weighted by molar-refractivity contribution is -0.143. The monoisotopic (exact) mass is 348 g/mol. The van der Waals surface area contributed by atoms with Gasteiger partial charge in [-0.15, -0.1) is 0 Å². The number of rotatable bonds is 2. The molecule has 4 aliphatic rings. The number of aliphatic hydroxyl groups excluding tert-OH is 3. The Morgan fingerprint density at radius 1 is 1.24 bits per heavy atom. The zero-order valence-corrected chi connectivity index (χ0v) is 15.4. The van der Waals surface area contributed by atoms with E-state index in [1.807, 2.05) is 6.08 Å². The number of allylic oxidation sites excluding steroid dienone is 1. The first-order valence-electron chi connectivity index (χ1n) is 10.0. The molecule has 0 radical (unpaired) electrons. The van der Waals surface area contributed by atoms with Gasteiger partial charge < -0.3 is 15.3 Å². The van der Waals surface area contributed by atoms with E-state index in [0.29, 0.717) is 24.7 Å². The van der Waals surface area contributed by atoms with Crippen molar-refractivity contribution in [2.45, 2.75) is 71.0 Å². The Hall–Kier alpha value is -0.710. The van der Waals surface area contributed by atoms with E-state index >= 15 is 0 Å². The van der Waals surface area contributed by atoms with Gasteiger partial charge in [0.25, 0.3) is 0 Å². The minimum Gasteiger partial charge on any atom is -0.394 e. The molecule has 4 nitrogen and oxygen atoms in total. The maximum Gasteiger partial charge on any atom is 0.155 e. The number of fused-ring (bicyclic) bond motifs is 5. The van der Waals surface area contributed by atoms with Gasteiger partial charge in [0, 0.05) is 6.42 Å². The van der Waals surface area contributed by atoms with Gasteiger partial charge in [0.2, 0.25) is 0 Å². The van der Waals surface area contributed by atoms with Gasteiger partial charge in [-0.3, -0.25) is 4.79 Å². The highest BCUT2D eigenvalue weighted by atomic mass is 16.3. The highest BCUT2D eigenvalue weighted by Gasteiger charge is 2.62. The molecule has 8 atom stereocenters. The molecule has 3 fully saturated rings. The summed E-state index contributed by atoms with van der Waals surface area (Å²) in [6.07, 6.45) is 7.00. The number of carbonyl (C=O) groups excluding carboxylic acids is 1. The largest absolute Gasteiger partial charge is 0.394 e.